The number of hydrogen-bond acceptors (Lipinski definition) is 3. The Morgan fingerprint density at radius 3 is 2.43 bits per heavy atom. The van der Waals surface area contributed by atoms with E-state index in [-0.39, 0.29) is 29.4 Å². The van der Waals surface area contributed by atoms with E-state index in [9.17, 15) is 0 Å². The van der Waals surface area contributed by atoms with E-state index in [2.05, 4.69) is 83.8 Å². The number of guanidine groups is 1. The van der Waals surface area contributed by atoms with Crippen LogP contribution in [0.5, 0.6) is 0 Å². The second-order valence-corrected chi connectivity index (χ2v) is 8.62. The van der Waals surface area contributed by atoms with Crippen molar-refractivity contribution in [3.8, 4) is 0 Å². The van der Waals surface area contributed by atoms with Crippen molar-refractivity contribution in [1.29, 1.82) is 0 Å². The van der Waals surface area contributed by atoms with Crippen molar-refractivity contribution >= 4 is 35.8 Å². The van der Waals surface area contributed by atoms with Crippen molar-refractivity contribution in [3.63, 3.8) is 0 Å². The zero-order valence-corrected chi connectivity index (χ0v) is 20.8. The van der Waals surface area contributed by atoms with Gasteiger partial charge >= 0.3 is 0 Å². The van der Waals surface area contributed by atoms with Gasteiger partial charge in [0.2, 0.25) is 0 Å². The largest absolute Gasteiger partial charge is 0.357 e. The fourth-order valence-electron chi connectivity index (χ4n) is 3.80. The number of nitrogens with one attached hydrogen (secondary N) is 2. The lowest BCUT2D eigenvalue weighted by atomic mass is 9.86. The van der Waals surface area contributed by atoms with Crippen molar-refractivity contribution in [2.45, 2.75) is 46.1 Å². The Balaban J connectivity index is 0.00000320. The van der Waals surface area contributed by atoms with E-state index in [4.69, 9.17) is 4.99 Å². The van der Waals surface area contributed by atoms with Crippen LogP contribution in [0, 0.1) is 5.41 Å². The fraction of sp³-hybridized carbons (Fsp3) is 0.500. The molecule has 164 valence electrons. The highest BCUT2D eigenvalue weighted by Gasteiger charge is 2.22. The average molecular weight is 521 g/mol. The Hall–Kier alpha value is -1.83. The Morgan fingerprint density at radius 2 is 1.80 bits per heavy atom. The maximum atomic E-state index is 4.92. The summed E-state index contributed by atoms with van der Waals surface area (Å²) in [5, 5.41) is 7.08. The molecule has 1 fully saturated rings. The normalized spacial score (nSPS) is 15.4. The van der Waals surface area contributed by atoms with E-state index in [1.165, 1.54) is 5.56 Å². The molecule has 2 heterocycles. The maximum Gasteiger partial charge on any atom is 0.191 e. The summed E-state index contributed by atoms with van der Waals surface area (Å²) >= 11 is 0. The minimum Gasteiger partial charge on any atom is -0.357 e. The van der Waals surface area contributed by atoms with Crippen LogP contribution < -0.4 is 15.5 Å². The summed E-state index contributed by atoms with van der Waals surface area (Å²) in [4.78, 5) is 11.8. The number of aromatic nitrogens is 1. The third kappa shape index (κ3) is 7.78. The number of hydrogen-bond donors (Lipinski definition) is 2. The number of nitrogens with zero attached hydrogens (tertiary/aromatic N) is 3. The highest BCUT2D eigenvalue weighted by molar-refractivity contribution is 14.0. The topological polar surface area (TPSA) is 52.6 Å². The molecular formula is C24H36IN5. The van der Waals surface area contributed by atoms with Crippen molar-refractivity contribution in [1.82, 2.24) is 15.6 Å². The first-order chi connectivity index (χ1) is 14.1. The van der Waals surface area contributed by atoms with Gasteiger partial charge in [-0.3, -0.25) is 4.99 Å². The minimum absolute atomic E-state index is 0. The number of anilines is 1. The van der Waals surface area contributed by atoms with Crippen LogP contribution >= 0.6 is 24.0 Å². The number of benzene rings is 1. The van der Waals surface area contributed by atoms with Crippen molar-refractivity contribution < 1.29 is 0 Å². The van der Waals surface area contributed by atoms with Crippen LogP contribution in [0.15, 0.2) is 59.7 Å². The van der Waals surface area contributed by atoms with E-state index in [1.54, 1.807) is 0 Å². The van der Waals surface area contributed by atoms with Gasteiger partial charge in [-0.05, 0) is 49.3 Å². The van der Waals surface area contributed by atoms with E-state index in [0.717, 1.165) is 57.2 Å². The molecular weight excluding hydrogens is 485 g/mol. The standard InChI is InChI=1S/C24H35N5.HI/c1-4-25-23(27-19-24(2,3)18-20-10-6-5-7-11-20)28-21-13-16-29(17-14-21)22-12-8-9-15-26-22;/h5-12,15,21H,4,13-14,16-19H2,1-3H3,(H2,25,27,28);1H. The average Bonchev–Trinajstić information content (AvgIpc) is 2.74. The second kappa shape index (κ2) is 12.1. The monoisotopic (exact) mass is 521 g/mol. The summed E-state index contributed by atoms with van der Waals surface area (Å²) in [6.45, 7) is 10.4. The lowest BCUT2D eigenvalue weighted by Gasteiger charge is -2.34. The Morgan fingerprint density at radius 1 is 1.10 bits per heavy atom. The Kier molecular flexibility index (Phi) is 9.88. The van der Waals surface area contributed by atoms with Crippen LogP contribution in [-0.2, 0) is 6.42 Å². The van der Waals surface area contributed by atoms with Gasteiger partial charge in [0.1, 0.15) is 5.82 Å². The molecule has 6 heteroatoms. The molecule has 0 bridgehead atoms. The van der Waals surface area contributed by atoms with Gasteiger partial charge < -0.3 is 15.5 Å². The van der Waals surface area contributed by atoms with Gasteiger partial charge in [-0.1, -0.05) is 50.2 Å². The molecule has 0 radical (unpaired) electrons. The minimum atomic E-state index is 0. The smallest absolute Gasteiger partial charge is 0.191 e. The van der Waals surface area contributed by atoms with Crippen LogP contribution in [0.3, 0.4) is 0 Å². The predicted octanol–water partition coefficient (Wildman–Crippen LogP) is 4.49. The van der Waals surface area contributed by atoms with E-state index in [0.29, 0.717) is 6.04 Å². The Labute approximate surface area is 198 Å². The predicted molar refractivity (Wildman–Crippen MR) is 138 cm³/mol. The molecule has 0 atom stereocenters. The summed E-state index contributed by atoms with van der Waals surface area (Å²) in [7, 11) is 0. The zero-order valence-electron chi connectivity index (χ0n) is 18.5. The van der Waals surface area contributed by atoms with Gasteiger partial charge in [0.05, 0.1) is 0 Å². The number of aliphatic imine (C=N–C) groups is 1. The molecule has 3 rings (SSSR count). The van der Waals surface area contributed by atoms with Crippen LogP contribution in [0.2, 0.25) is 0 Å². The van der Waals surface area contributed by atoms with Gasteiger partial charge in [0.15, 0.2) is 5.96 Å². The van der Waals surface area contributed by atoms with Gasteiger partial charge in [0, 0.05) is 38.4 Å². The molecule has 1 saturated heterocycles. The summed E-state index contributed by atoms with van der Waals surface area (Å²) < 4.78 is 0. The molecule has 5 nitrogen and oxygen atoms in total. The first kappa shape index (κ1) is 24.4. The van der Waals surface area contributed by atoms with Crippen molar-refractivity contribution in [2.75, 3.05) is 31.1 Å². The molecule has 30 heavy (non-hydrogen) atoms. The van der Waals surface area contributed by atoms with Gasteiger partial charge in [-0.25, -0.2) is 4.98 Å². The fourth-order valence-corrected chi connectivity index (χ4v) is 3.80. The van der Waals surface area contributed by atoms with Crippen molar-refractivity contribution in [3.05, 3.63) is 60.3 Å². The Bertz CT molecular complexity index is 756. The molecule has 1 aliphatic heterocycles. The lowest BCUT2D eigenvalue weighted by Crippen LogP contribution is -2.49. The van der Waals surface area contributed by atoms with E-state index >= 15 is 0 Å². The molecule has 0 saturated carbocycles. The van der Waals surface area contributed by atoms with Crippen LogP contribution in [0.25, 0.3) is 0 Å². The summed E-state index contributed by atoms with van der Waals surface area (Å²) in [5.41, 5.74) is 1.49. The molecule has 1 aromatic carbocycles. The van der Waals surface area contributed by atoms with Gasteiger partial charge in [-0.2, -0.15) is 0 Å². The first-order valence-electron chi connectivity index (χ1n) is 10.8. The summed E-state index contributed by atoms with van der Waals surface area (Å²) in [6, 6.07) is 17.2. The van der Waals surface area contributed by atoms with Gasteiger partial charge in [-0.15, -0.1) is 24.0 Å². The first-order valence-corrected chi connectivity index (χ1v) is 10.8. The highest BCUT2D eigenvalue weighted by Crippen LogP contribution is 2.22. The molecule has 0 amide bonds. The molecule has 1 aromatic heterocycles. The lowest BCUT2D eigenvalue weighted by molar-refractivity contribution is 0.375. The van der Waals surface area contributed by atoms with E-state index in [1.807, 2.05) is 12.3 Å². The zero-order chi connectivity index (χ0) is 20.5. The number of halogens is 1. The number of piperidine rings is 1. The molecule has 0 spiro atoms. The molecule has 0 aliphatic carbocycles. The van der Waals surface area contributed by atoms with Crippen molar-refractivity contribution in [2.24, 2.45) is 10.4 Å². The molecule has 1 aliphatic rings. The van der Waals surface area contributed by atoms with E-state index < -0.39 is 0 Å². The summed E-state index contributed by atoms with van der Waals surface area (Å²) in [5.74, 6) is 2.01. The van der Waals surface area contributed by atoms with Gasteiger partial charge in [0.25, 0.3) is 0 Å². The van der Waals surface area contributed by atoms with Crippen LogP contribution in [0.4, 0.5) is 5.82 Å². The third-order valence-corrected chi connectivity index (χ3v) is 5.34. The highest BCUT2D eigenvalue weighted by atomic mass is 127. The molecule has 2 N–H and O–H groups in total. The van der Waals surface area contributed by atoms with Crippen LogP contribution in [0.1, 0.15) is 39.2 Å². The summed E-state index contributed by atoms with van der Waals surface area (Å²) in [6.07, 6.45) is 5.08. The molecule has 2 aromatic rings. The molecule has 0 unspecified atom stereocenters. The quantitative estimate of drug-likeness (QED) is 0.320. The number of pyridine rings is 1. The number of rotatable bonds is 7. The van der Waals surface area contributed by atoms with Crippen LogP contribution in [-0.4, -0.2) is 43.2 Å². The second-order valence-electron chi connectivity index (χ2n) is 8.62. The third-order valence-electron chi connectivity index (χ3n) is 5.34. The SMILES string of the molecule is CCNC(=NCC(C)(C)Cc1ccccc1)NC1CCN(c2ccccn2)CC1.I. The maximum absolute atomic E-state index is 4.92.